The van der Waals surface area contributed by atoms with Crippen molar-refractivity contribution < 1.29 is 10.2 Å². The van der Waals surface area contributed by atoms with E-state index in [0.717, 1.165) is 19.4 Å². The van der Waals surface area contributed by atoms with Crippen LogP contribution in [0.3, 0.4) is 0 Å². The molecule has 0 rings (SSSR count). The van der Waals surface area contributed by atoms with Crippen LogP contribution in [0.25, 0.3) is 0 Å². The molecule has 3 heteroatoms. The maximum atomic E-state index is 9.34. The lowest BCUT2D eigenvalue weighted by Crippen LogP contribution is -2.49. The Morgan fingerprint density at radius 3 is 1.79 bits per heavy atom. The predicted octanol–water partition coefficient (Wildman–Crippen LogP) is 1.15. The third-order valence-electron chi connectivity index (χ3n) is 3.17. The van der Waals surface area contributed by atoms with Gasteiger partial charge in [0.15, 0.2) is 0 Å². The molecule has 0 atom stereocenters. The standard InChI is InChI=1S/C11H25NO2/c1-5-11(6-2,9-14)7-12-10(3,4)8-13/h12-14H,5-9H2,1-4H3. The smallest absolute Gasteiger partial charge is 0.0607 e. The largest absolute Gasteiger partial charge is 0.396 e. The van der Waals surface area contributed by atoms with Gasteiger partial charge in [0.25, 0.3) is 0 Å². The molecule has 14 heavy (non-hydrogen) atoms. The van der Waals surface area contributed by atoms with Crippen molar-refractivity contribution in [3.63, 3.8) is 0 Å². The minimum atomic E-state index is -0.259. The molecule has 0 aromatic heterocycles. The molecule has 0 aromatic rings. The highest BCUT2D eigenvalue weighted by Gasteiger charge is 2.27. The first kappa shape index (κ1) is 13.9. The van der Waals surface area contributed by atoms with E-state index in [1.807, 2.05) is 13.8 Å². The van der Waals surface area contributed by atoms with E-state index >= 15 is 0 Å². The summed E-state index contributed by atoms with van der Waals surface area (Å²) in [5, 5.41) is 21.7. The number of nitrogens with one attached hydrogen (secondary N) is 1. The van der Waals surface area contributed by atoms with Crippen LogP contribution in [-0.2, 0) is 0 Å². The van der Waals surface area contributed by atoms with Crippen molar-refractivity contribution in [1.29, 1.82) is 0 Å². The molecule has 0 fully saturated rings. The lowest BCUT2D eigenvalue weighted by Gasteiger charge is -2.34. The summed E-state index contributed by atoms with van der Waals surface area (Å²) < 4.78 is 0. The van der Waals surface area contributed by atoms with E-state index in [0.29, 0.717) is 0 Å². The topological polar surface area (TPSA) is 52.5 Å². The van der Waals surface area contributed by atoms with Gasteiger partial charge in [0.2, 0.25) is 0 Å². The summed E-state index contributed by atoms with van der Waals surface area (Å²) in [4.78, 5) is 0. The van der Waals surface area contributed by atoms with Crippen LogP contribution >= 0.6 is 0 Å². The highest BCUT2D eigenvalue weighted by atomic mass is 16.3. The fraction of sp³-hybridized carbons (Fsp3) is 1.00. The Morgan fingerprint density at radius 2 is 1.50 bits per heavy atom. The van der Waals surface area contributed by atoms with Gasteiger partial charge in [0.1, 0.15) is 0 Å². The molecule has 0 saturated carbocycles. The molecule has 0 aliphatic rings. The zero-order valence-electron chi connectivity index (χ0n) is 9.93. The maximum Gasteiger partial charge on any atom is 0.0607 e. The number of hydrogen-bond donors (Lipinski definition) is 3. The Balaban J connectivity index is 4.19. The van der Waals surface area contributed by atoms with Gasteiger partial charge in [-0.3, -0.25) is 0 Å². The van der Waals surface area contributed by atoms with Crippen molar-refractivity contribution >= 4 is 0 Å². The van der Waals surface area contributed by atoms with Crippen molar-refractivity contribution in [2.75, 3.05) is 19.8 Å². The summed E-state index contributed by atoms with van der Waals surface area (Å²) in [5.41, 5.74) is -0.294. The molecule has 0 heterocycles. The van der Waals surface area contributed by atoms with Crippen LogP contribution in [0.15, 0.2) is 0 Å². The minimum Gasteiger partial charge on any atom is -0.396 e. The van der Waals surface area contributed by atoms with Crippen LogP contribution in [0.2, 0.25) is 0 Å². The predicted molar refractivity (Wildman–Crippen MR) is 59.3 cm³/mol. The van der Waals surface area contributed by atoms with Gasteiger partial charge in [0, 0.05) is 24.1 Å². The monoisotopic (exact) mass is 203 g/mol. The van der Waals surface area contributed by atoms with Crippen LogP contribution in [0, 0.1) is 5.41 Å². The van der Waals surface area contributed by atoms with E-state index in [9.17, 15) is 5.11 Å². The van der Waals surface area contributed by atoms with Crippen LogP contribution in [0.5, 0.6) is 0 Å². The van der Waals surface area contributed by atoms with Crippen LogP contribution < -0.4 is 5.32 Å². The van der Waals surface area contributed by atoms with Crippen LogP contribution in [-0.4, -0.2) is 35.5 Å². The Morgan fingerprint density at radius 1 is 1.00 bits per heavy atom. The van der Waals surface area contributed by atoms with Crippen molar-refractivity contribution in [2.45, 2.75) is 46.1 Å². The summed E-state index contributed by atoms with van der Waals surface area (Å²) in [6.07, 6.45) is 1.91. The van der Waals surface area contributed by atoms with Gasteiger partial charge in [-0.25, -0.2) is 0 Å². The van der Waals surface area contributed by atoms with E-state index in [1.165, 1.54) is 0 Å². The summed E-state index contributed by atoms with van der Waals surface area (Å²) in [6.45, 7) is 9.17. The molecule has 0 saturated heterocycles. The van der Waals surface area contributed by atoms with Gasteiger partial charge in [-0.1, -0.05) is 13.8 Å². The molecule has 0 aliphatic carbocycles. The summed E-state index contributed by atoms with van der Waals surface area (Å²) >= 11 is 0. The number of rotatable bonds is 7. The second kappa shape index (κ2) is 5.69. The van der Waals surface area contributed by atoms with Gasteiger partial charge < -0.3 is 15.5 Å². The molecule has 0 aromatic carbocycles. The molecule has 0 aliphatic heterocycles. The first-order valence-corrected chi connectivity index (χ1v) is 5.42. The molecule has 3 nitrogen and oxygen atoms in total. The van der Waals surface area contributed by atoms with E-state index in [4.69, 9.17) is 5.11 Å². The molecule has 0 amide bonds. The second-order valence-corrected chi connectivity index (χ2v) is 4.76. The zero-order chi connectivity index (χ0) is 11.2. The van der Waals surface area contributed by atoms with Crippen molar-refractivity contribution in [1.82, 2.24) is 5.32 Å². The third kappa shape index (κ3) is 3.95. The minimum absolute atomic E-state index is 0.0353. The van der Waals surface area contributed by atoms with Gasteiger partial charge >= 0.3 is 0 Å². The lowest BCUT2D eigenvalue weighted by molar-refractivity contribution is 0.0930. The molecular weight excluding hydrogens is 178 g/mol. The summed E-state index contributed by atoms with van der Waals surface area (Å²) in [5.74, 6) is 0. The Hall–Kier alpha value is -0.120. The first-order chi connectivity index (χ1) is 6.45. The Bertz CT molecular complexity index is 145. The van der Waals surface area contributed by atoms with Gasteiger partial charge in [0.05, 0.1) is 6.61 Å². The highest BCUT2D eigenvalue weighted by Crippen LogP contribution is 2.25. The van der Waals surface area contributed by atoms with E-state index in [1.54, 1.807) is 0 Å². The number of hydrogen-bond acceptors (Lipinski definition) is 3. The average Bonchev–Trinajstić information content (AvgIpc) is 2.21. The van der Waals surface area contributed by atoms with Gasteiger partial charge in [-0.15, -0.1) is 0 Å². The molecule has 0 radical (unpaired) electrons. The fourth-order valence-corrected chi connectivity index (χ4v) is 1.26. The maximum absolute atomic E-state index is 9.34. The van der Waals surface area contributed by atoms with Gasteiger partial charge in [-0.05, 0) is 26.7 Å². The Labute approximate surface area is 87.5 Å². The third-order valence-corrected chi connectivity index (χ3v) is 3.17. The summed E-state index contributed by atoms with van der Waals surface area (Å²) in [6, 6.07) is 0. The number of aliphatic hydroxyl groups excluding tert-OH is 2. The van der Waals surface area contributed by atoms with E-state index in [2.05, 4.69) is 19.2 Å². The fourth-order valence-electron chi connectivity index (χ4n) is 1.26. The van der Waals surface area contributed by atoms with E-state index in [-0.39, 0.29) is 24.2 Å². The molecule has 0 spiro atoms. The van der Waals surface area contributed by atoms with E-state index < -0.39 is 0 Å². The van der Waals surface area contributed by atoms with Crippen molar-refractivity contribution in [2.24, 2.45) is 5.41 Å². The van der Waals surface area contributed by atoms with Crippen molar-refractivity contribution in [3.8, 4) is 0 Å². The molecule has 0 bridgehead atoms. The van der Waals surface area contributed by atoms with Crippen molar-refractivity contribution in [3.05, 3.63) is 0 Å². The summed E-state index contributed by atoms with van der Waals surface area (Å²) in [7, 11) is 0. The SMILES string of the molecule is CCC(CC)(CO)CNC(C)(C)CO. The molecule has 3 N–H and O–H groups in total. The molecule has 86 valence electrons. The average molecular weight is 203 g/mol. The first-order valence-electron chi connectivity index (χ1n) is 5.42. The normalized spacial score (nSPS) is 13.3. The van der Waals surface area contributed by atoms with Crippen LogP contribution in [0.1, 0.15) is 40.5 Å². The quantitative estimate of drug-likeness (QED) is 0.582. The second-order valence-electron chi connectivity index (χ2n) is 4.76. The van der Waals surface area contributed by atoms with Crippen LogP contribution in [0.4, 0.5) is 0 Å². The lowest BCUT2D eigenvalue weighted by atomic mass is 9.82. The number of aliphatic hydroxyl groups is 2. The van der Waals surface area contributed by atoms with Gasteiger partial charge in [-0.2, -0.15) is 0 Å². The zero-order valence-corrected chi connectivity index (χ0v) is 9.93. The Kier molecular flexibility index (Phi) is 5.64. The molecule has 0 unspecified atom stereocenters. The highest BCUT2D eigenvalue weighted by molar-refractivity contribution is 4.84. The molecular formula is C11H25NO2.